The predicted octanol–water partition coefficient (Wildman–Crippen LogP) is 1.30. The zero-order valence-electron chi connectivity index (χ0n) is 8.55. The number of nitrogens with zero attached hydrogens (tertiary/aromatic N) is 5. The van der Waals surface area contributed by atoms with E-state index in [1.54, 1.807) is 13.2 Å². The molecule has 2 rings (SSSR count). The Morgan fingerprint density at radius 1 is 1.21 bits per heavy atom. The van der Waals surface area contributed by atoms with Gasteiger partial charge in [0.25, 0.3) is 0 Å². The lowest BCUT2D eigenvalue weighted by Crippen LogP contribution is -1.92. The highest BCUT2D eigenvalue weighted by Gasteiger charge is 2.02. The predicted molar refractivity (Wildman–Crippen MR) is 53.4 cm³/mol. The van der Waals surface area contributed by atoms with Crippen molar-refractivity contribution in [1.29, 1.82) is 0 Å². The molecule has 2 aromatic heterocycles. The van der Waals surface area contributed by atoms with Crippen molar-refractivity contribution in [1.82, 2.24) is 25.2 Å². The van der Waals surface area contributed by atoms with Crippen LogP contribution >= 0.6 is 0 Å². The van der Waals surface area contributed by atoms with E-state index in [4.69, 9.17) is 0 Å². The summed E-state index contributed by atoms with van der Waals surface area (Å²) in [7, 11) is 1.72. The fraction of sp³-hybridized carbons (Fsp3) is 0.333. The maximum Gasteiger partial charge on any atom is 0.223 e. The van der Waals surface area contributed by atoms with Crippen molar-refractivity contribution in [2.24, 2.45) is 7.05 Å². The highest BCUT2D eigenvalue weighted by atomic mass is 15.6. The van der Waals surface area contributed by atoms with E-state index in [0.29, 0.717) is 5.82 Å². The van der Waals surface area contributed by atoms with Crippen LogP contribution in [0.2, 0.25) is 0 Å². The number of hydrogen-bond acceptors (Lipinski definition) is 4. The minimum atomic E-state index is 0.554. The second-order valence-electron chi connectivity index (χ2n) is 2.32. The van der Waals surface area contributed by atoms with Gasteiger partial charge >= 0.3 is 0 Å². The topological polar surface area (TPSA) is 56.5 Å². The van der Waals surface area contributed by atoms with Gasteiger partial charge < -0.3 is 0 Å². The highest BCUT2D eigenvalue weighted by Crippen LogP contribution is 2.06. The Balaban J connectivity index is 0.000000461. The Labute approximate surface area is 82.8 Å². The van der Waals surface area contributed by atoms with Crippen LogP contribution in [0.25, 0.3) is 11.5 Å². The summed E-state index contributed by atoms with van der Waals surface area (Å²) in [4.78, 5) is 5.49. The molecule has 2 aromatic rings. The molecule has 0 aliphatic heterocycles. The van der Waals surface area contributed by atoms with Crippen molar-refractivity contribution < 1.29 is 0 Å². The van der Waals surface area contributed by atoms with Crippen LogP contribution in [-0.2, 0) is 7.05 Å². The van der Waals surface area contributed by atoms with Gasteiger partial charge in [0.1, 0.15) is 5.69 Å². The van der Waals surface area contributed by atoms with Gasteiger partial charge in [-0.1, -0.05) is 19.9 Å². The Hall–Kier alpha value is -1.78. The maximum absolute atomic E-state index is 4.08. The Bertz CT molecular complexity index is 368. The van der Waals surface area contributed by atoms with Crippen molar-refractivity contribution in [3.8, 4) is 11.5 Å². The molecule has 0 bridgehead atoms. The molecule has 0 amide bonds. The van der Waals surface area contributed by atoms with Gasteiger partial charge in [0.15, 0.2) is 0 Å². The smallest absolute Gasteiger partial charge is 0.223 e. The van der Waals surface area contributed by atoms with E-state index in [9.17, 15) is 0 Å². The van der Waals surface area contributed by atoms with Crippen LogP contribution < -0.4 is 0 Å². The summed E-state index contributed by atoms with van der Waals surface area (Å²) >= 11 is 0. The summed E-state index contributed by atoms with van der Waals surface area (Å²) in [6.07, 6.45) is 1.70. The van der Waals surface area contributed by atoms with Crippen LogP contribution in [0.15, 0.2) is 24.4 Å². The average molecular weight is 191 g/mol. The van der Waals surface area contributed by atoms with Gasteiger partial charge in [0, 0.05) is 6.20 Å². The third-order valence-electron chi connectivity index (χ3n) is 1.40. The van der Waals surface area contributed by atoms with Gasteiger partial charge in [0.05, 0.1) is 7.05 Å². The van der Waals surface area contributed by atoms with Crippen LogP contribution in [0.3, 0.4) is 0 Å². The number of tetrazole rings is 1. The van der Waals surface area contributed by atoms with Crippen molar-refractivity contribution in [3.05, 3.63) is 24.4 Å². The van der Waals surface area contributed by atoms with E-state index in [1.165, 1.54) is 4.80 Å². The molecule has 74 valence electrons. The van der Waals surface area contributed by atoms with Crippen LogP contribution in [0.5, 0.6) is 0 Å². The Morgan fingerprint density at radius 2 is 2.00 bits per heavy atom. The largest absolute Gasteiger partial charge is 0.253 e. The molecule has 0 spiro atoms. The number of aryl methyl sites for hydroxylation is 1. The molecule has 0 radical (unpaired) electrons. The quantitative estimate of drug-likeness (QED) is 0.681. The van der Waals surface area contributed by atoms with Crippen LogP contribution in [-0.4, -0.2) is 25.2 Å². The first kappa shape index (κ1) is 10.3. The molecule has 0 aliphatic carbocycles. The van der Waals surface area contributed by atoms with Gasteiger partial charge in [-0.2, -0.15) is 4.80 Å². The molecule has 0 unspecified atom stereocenters. The third kappa shape index (κ3) is 2.35. The number of rotatable bonds is 1. The zero-order valence-corrected chi connectivity index (χ0v) is 8.55. The molecule has 0 N–H and O–H groups in total. The molecular weight excluding hydrogens is 178 g/mol. The van der Waals surface area contributed by atoms with E-state index >= 15 is 0 Å². The van der Waals surface area contributed by atoms with Crippen molar-refractivity contribution in [3.63, 3.8) is 0 Å². The van der Waals surface area contributed by atoms with Gasteiger partial charge in [-0.3, -0.25) is 4.98 Å². The van der Waals surface area contributed by atoms with E-state index in [0.717, 1.165) is 5.69 Å². The lowest BCUT2D eigenvalue weighted by atomic mass is 10.3. The van der Waals surface area contributed by atoms with Crippen molar-refractivity contribution >= 4 is 0 Å². The van der Waals surface area contributed by atoms with E-state index in [-0.39, 0.29) is 0 Å². The number of pyridine rings is 1. The molecule has 0 atom stereocenters. The third-order valence-corrected chi connectivity index (χ3v) is 1.40. The van der Waals surface area contributed by atoms with E-state index in [2.05, 4.69) is 20.4 Å². The summed E-state index contributed by atoms with van der Waals surface area (Å²) in [5.74, 6) is 0.554. The summed E-state index contributed by atoms with van der Waals surface area (Å²) < 4.78 is 0. The van der Waals surface area contributed by atoms with Gasteiger partial charge in [-0.25, -0.2) is 0 Å². The molecular formula is C9H13N5. The van der Waals surface area contributed by atoms with Crippen LogP contribution in [0.4, 0.5) is 0 Å². The molecule has 0 aliphatic rings. The monoisotopic (exact) mass is 191 g/mol. The zero-order chi connectivity index (χ0) is 10.4. The minimum absolute atomic E-state index is 0.554. The lowest BCUT2D eigenvalue weighted by Gasteiger charge is -1.89. The average Bonchev–Trinajstić information content (AvgIpc) is 2.69. The maximum atomic E-state index is 4.08. The molecule has 0 saturated carbocycles. The summed E-state index contributed by atoms with van der Waals surface area (Å²) in [6, 6.07) is 5.58. The molecule has 0 fully saturated rings. The number of aromatic nitrogens is 5. The minimum Gasteiger partial charge on any atom is -0.253 e. The molecule has 5 heteroatoms. The molecule has 0 saturated heterocycles. The first-order chi connectivity index (χ1) is 6.86. The van der Waals surface area contributed by atoms with Crippen LogP contribution in [0.1, 0.15) is 13.8 Å². The first-order valence-corrected chi connectivity index (χ1v) is 4.51. The second-order valence-corrected chi connectivity index (χ2v) is 2.32. The fourth-order valence-corrected chi connectivity index (χ4v) is 0.882. The summed E-state index contributed by atoms with van der Waals surface area (Å²) in [6.45, 7) is 4.00. The van der Waals surface area contributed by atoms with Crippen LogP contribution in [0, 0.1) is 0 Å². The van der Waals surface area contributed by atoms with E-state index < -0.39 is 0 Å². The normalized spacial score (nSPS) is 9.07. The molecule has 0 aromatic carbocycles. The van der Waals surface area contributed by atoms with Gasteiger partial charge in [0.2, 0.25) is 5.82 Å². The highest BCUT2D eigenvalue weighted by molar-refractivity contribution is 5.46. The molecule has 14 heavy (non-hydrogen) atoms. The molecule has 5 nitrogen and oxygen atoms in total. The van der Waals surface area contributed by atoms with Crippen molar-refractivity contribution in [2.45, 2.75) is 13.8 Å². The summed E-state index contributed by atoms with van der Waals surface area (Å²) in [5.41, 5.74) is 0.741. The lowest BCUT2D eigenvalue weighted by molar-refractivity contribution is 0.630. The standard InChI is InChI=1S/C7H7N5.C2H6/c1-12-10-7(9-11-12)6-4-2-3-5-8-6;1-2/h2-5H,1H3;1-2H3. The number of hydrogen-bond donors (Lipinski definition) is 0. The van der Waals surface area contributed by atoms with Gasteiger partial charge in [-0.15, -0.1) is 10.2 Å². The Kier molecular flexibility index (Phi) is 3.72. The SMILES string of the molecule is CC.Cn1nnc(-c2ccccn2)n1. The second kappa shape index (κ2) is 5.06. The van der Waals surface area contributed by atoms with E-state index in [1.807, 2.05) is 32.0 Å². The summed E-state index contributed by atoms with van der Waals surface area (Å²) in [5, 5.41) is 11.5. The first-order valence-electron chi connectivity index (χ1n) is 4.51. The van der Waals surface area contributed by atoms with Crippen molar-refractivity contribution in [2.75, 3.05) is 0 Å². The Morgan fingerprint density at radius 3 is 2.50 bits per heavy atom. The fourth-order valence-electron chi connectivity index (χ4n) is 0.882. The van der Waals surface area contributed by atoms with Gasteiger partial charge in [-0.05, 0) is 17.3 Å². The molecule has 2 heterocycles.